The number of hydrogen-bond acceptors (Lipinski definition) is 5. The number of carbonyl (C=O) groups excluding carboxylic acids is 1. The number of benzene rings is 3. The van der Waals surface area contributed by atoms with E-state index in [1.165, 1.54) is 31.0 Å². The first kappa shape index (κ1) is 25.5. The van der Waals surface area contributed by atoms with Crippen molar-refractivity contribution < 1.29 is 24.2 Å². The van der Waals surface area contributed by atoms with Gasteiger partial charge in [-0.1, -0.05) is 56.5 Å². The fourth-order valence-electron chi connectivity index (χ4n) is 3.74. The number of esters is 1. The van der Waals surface area contributed by atoms with Gasteiger partial charge in [-0.2, -0.15) is 5.26 Å². The average Bonchev–Trinajstić information content (AvgIpc) is 2.87. The summed E-state index contributed by atoms with van der Waals surface area (Å²) in [4.78, 5) is 24.4. The van der Waals surface area contributed by atoms with Crippen LogP contribution in [0.2, 0.25) is 0 Å². The number of nitrogens with zero attached hydrogens (tertiary/aromatic N) is 1. The van der Waals surface area contributed by atoms with Crippen LogP contribution in [0.25, 0.3) is 11.1 Å². The fraction of sp³-hybridized carbons (Fsp3) is 0.276. The van der Waals surface area contributed by atoms with Crippen molar-refractivity contribution in [3.05, 3.63) is 83.4 Å². The summed E-state index contributed by atoms with van der Waals surface area (Å²) >= 11 is 0. The van der Waals surface area contributed by atoms with Gasteiger partial charge in [-0.3, -0.25) is 0 Å². The minimum absolute atomic E-state index is 0.00173. The van der Waals surface area contributed by atoms with Crippen molar-refractivity contribution in [3.8, 4) is 28.7 Å². The van der Waals surface area contributed by atoms with Crippen LogP contribution in [0, 0.1) is 11.3 Å². The Morgan fingerprint density at radius 3 is 2.37 bits per heavy atom. The Hall–Kier alpha value is -4.11. The van der Waals surface area contributed by atoms with Crippen molar-refractivity contribution in [2.24, 2.45) is 0 Å². The van der Waals surface area contributed by atoms with E-state index in [9.17, 15) is 20.0 Å². The maximum Gasteiger partial charge on any atom is 0.343 e. The standard InChI is InChI=1S/C29H29NO5/c1-3-4-5-7-10-20(2)34-26-16-14-23(17-24(26)19-30)29(33)35-27-18-22(28(31)32)13-15-25(27)21-11-8-6-9-12-21/h6,8-9,11-18,20H,3-5,7,10H2,1-2H3,(H,31,32). The molecule has 0 amide bonds. The molecule has 1 atom stereocenters. The smallest absolute Gasteiger partial charge is 0.343 e. The van der Waals surface area contributed by atoms with Crippen molar-refractivity contribution in [3.63, 3.8) is 0 Å². The molecule has 1 N–H and O–H groups in total. The predicted octanol–water partition coefficient (Wildman–Crippen LogP) is 6.88. The van der Waals surface area contributed by atoms with E-state index in [2.05, 4.69) is 13.0 Å². The third-order valence-electron chi connectivity index (χ3n) is 5.64. The highest BCUT2D eigenvalue weighted by Gasteiger charge is 2.18. The first-order chi connectivity index (χ1) is 16.9. The lowest BCUT2D eigenvalue weighted by Gasteiger charge is -2.16. The first-order valence-electron chi connectivity index (χ1n) is 11.8. The summed E-state index contributed by atoms with van der Waals surface area (Å²) in [5, 5.41) is 19.0. The van der Waals surface area contributed by atoms with Gasteiger partial charge in [-0.25, -0.2) is 9.59 Å². The molecule has 0 radical (unpaired) electrons. The molecule has 3 aromatic carbocycles. The molecular weight excluding hydrogens is 442 g/mol. The number of carboxylic acid groups (broad SMARTS) is 1. The van der Waals surface area contributed by atoms with Crippen molar-refractivity contribution in [2.75, 3.05) is 0 Å². The number of unbranched alkanes of at least 4 members (excludes halogenated alkanes) is 3. The zero-order valence-electron chi connectivity index (χ0n) is 20.0. The zero-order valence-corrected chi connectivity index (χ0v) is 20.0. The minimum Gasteiger partial charge on any atom is -0.489 e. The van der Waals surface area contributed by atoms with E-state index in [-0.39, 0.29) is 28.5 Å². The van der Waals surface area contributed by atoms with Crippen molar-refractivity contribution >= 4 is 11.9 Å². The van der Waals surface area contributed by atoms with Crippen molar-refractivity contribution in [1.82, 2.24) is 0 Å². The summed E-state index contributed by atoms with van der Waals surface area (Å²) < 4.78 is 11.6. The molecule has 0 aliphatic heterocycles. The maximum atomic E-state index is 13.0. The molecule has 180 valence electrons. The Labute approximate surface area is 205 Å². The molecule has 0 bridgehead atoms. The van der Waals surface area contributed by atoms with Gasteiger partial charge in [0.25, 0.3) is 0 Å². The van der Waals surface area contributed by atoms with Gasteiger partial charge in [0.05, 0.1) is 22.8 Å². The van der Waals surface area contributed by atoms with E-state index in [1.54, 1.807) is 18.2 Å². The molecule has 0 spiro atoms. The highest BCUT2D eigenvalue weighted by Crippen LogP contribution is 2.32. The van der Waals surface area contributed by atoms with E-state index in [4.69, 9.17) is 9.47 Å². The number of nitriles is 1. The molecular formula is C29H29NO5. The largest absolute Gasteiger partial charge is 0.489 e. The van der Waals surface area contributed by atoms with Crippen LogP contribution in [0.15, 0.2) is 66.7 Å². The van der Waals surface area contributed by atoms with Crippen LogP contribution in [0.3, 0.4) is 0 Å². The Morgan fingerprint density at radius 1 is 0.943 bits per heavy atom. The molecule has 3 rings (SSSR count). The molecule has 3 aromatic rings. The van der Waals surface area contributed by atoms with Gasteiger partial charge in [0, 0.05) is 5.56 Å². The molecule has 0 aromatic heterocycles. The van der Waals surface area contributed by atoms with Crippen LogP contribution in [0.5, 0.6) is 11.5 Å². The summed E-state index contributed by atoms with van der Waals surface area (Å²) in [6.07, 6.45) is 5.39. The number of ether oxygens (including phenoxy) is 2. The Balaban J connectivity index is 1.81. The SMILES string of the molecule is CCCCCCC(C)Oc1ccc(C(=O)Oc2cc(C(=O)O)ccc2-c2ccccc2)cc1C#N. The highest BCUT2D eigenvalue weighted by atomic mass is 16.5. The number of carboxylic acids is 1. The van der Waals surface area contributed by atoms with Crippen molar-refractivity contribution in [1.29, 1.82) is 5.26 Å². The molecule has 0 saturated carbocycles. The summed E-state index contributed by atoms with van der Waals surface area (Å²) in [5.74, 6) is -1.27. The zero-order chi connectivity index (χ0) is 25.2. The lowest BCUT2D eigenvalue weighted by atomic mass is 10.0. The van der Waals surface area contributed by atoms with Gasteiger partial charge in [-0.15, -0.1) is 0 Å². The molecule has 0 heterocycles. The second-order valence-electron chi connectivity index (χ2n) is 8.37. The van der Waals surface area contributed by atoms with Crippen LogP contribution in [-0.4, -0.2) is 23.1 Å². The van der Waals surface area contributed by atoms with Gasteiger partial charge in [0.1, 0.15) is 17.6 Å². The van der Waals surface area contributed by atoms with Crippen LogP contribution in [0.1, 0.15) is 72.2 Å². The third kappa shape index (κ3) is 6.94. The van der Waals surface area contributed by atoms with Crippen LogP contribution < -0.4 is 9.47 Å². The predicted molar refractivity (Wildman–Crippen MR) is 134 cm³/mol. The Morgan fingerprint density at radius 2 is 1.69 bits per heavy atom. The van der Waals surface area contributed by atoms with E-state index in [1.807, 2.05) is 37.3 Å². The van der Waals surface area contributed by atoms with Crippen LogP contribution in [0.4, 0.5) is 0 Å². The highest BCUT2D eigenvalue weighted by molar-refractivity contribution is 5.94. The molecule has 0 aliphatic carbocycles. The number of aromatic carboxylic acids is 1. The second-order valence-corrected chi connectivity index (χ2v) is 8.37. The molecule has 0 saturated heterocycles. The number of carbonyl (C=O) groups is 2. The van der Waals surface area contributed by atoms with Gasteiger partial charge >= 0.3 is 11.9 Å². The lowest BCUT2D eigenvalue weighted by molar-refractivity contribution is 0.0687. The van der Waals surface area contributed by atoms with Gasteiger partial charge in [0.2, 0.25) is 0 Å². The lowest BCUT2D eigenvalue weighted by Crippen LogP contribution is -2.14. The quantitative estimate of drug-likeness (QED) is 0.186. The van der Waals surface area contributed by atoms with Gasteiger partial charge in [0.15, 0.2) is 0 Å². The molecule has 6 nitrogen and oxygen atoms in total. The van der Waals surface area contributed by atoms with Crippen molar-refractivity contribution in [2.45, 2.75) is 52.1 Å². The third-order valence-corrected chi connectivity index (χ3v) is 5.64. The van der Waals surface area contributed by atoms with E-state index in [0.29, 0.717) is 11.3 Å². The number of rotatable bonds is 11. The second kappa shape index (κ2) is 12.4. The van der Waals surface area contributed by atoms with Crippen LogP contribution >= 0.6 is 0 Å². The summed E-state index contributed by atoms with van der Waals surface area (Å²) in [5.41, 5.74) is 1.77. The molecule has 0 fully saturated rings. The first-order valence-corrected chi connectivity index (χ1v) is 11.8. The van der Waals surface area contributed by atoms with Gasteiger partial charge < -0.3 is 14.6 Å². The summed E-state index contributed by atoms with van der Waals surface area (Å²) in [7, 11) is 0. The Kier molecular flexibility index (Phi) is 9.02. The molecule has 35 heavy (non-hydrogen) atoms. The minimum atomic E-state index is -1.13. The summed E-state index contributed by atoms with van der Waals surface area (Å²) in [6, 6.07) is 20.3. The monoisotopic (exact) mass is 471 g/mol. The average molecular weight is 472 g/mol. The maximum absolute atomic E-state index is 13.0. The topological polar surface area (TPSA) is 96.6 Å². The molecule has 0 aliphatic rings. The molecule has 1 unspecified atom stereocenters. The number of hydrogen-bond donors (Lipinski definition) is 1. The fourth-order valence-corrected chi connectivity index (χ4v) is 3.74. The van der Waals surface area contributed by atoms with E-state index < -0.39 is 11.9 Å². The van der Waals surface area contributed by atoms with Crippen LogP contribution in [-0.2, 0) is 0 Å². The van der Waals surface area contributed by atoms with Gasteiger partial charge in [-0.05, 0) is 61.7 Å². The Bertz CT molecular complexity index is 1210. The summed E-state index contributed by atoms with van der Waals surface area (Å²) in [6.45, 7) is 4.13. The van der Waals surface area contributed by atoms with E-state index >= 15 is 0 Å². The van der Waals surface area contributed by atoms with E-state index in [0.717, 1.165) is 24.8 Å². The normalized spacial score (nSPS) is 11.3. The molecule has 6 heteroatoms.